The van der Waals surface area contributed by atoms with Crippen molar-refractivity contribution in [3.05, 3.63) is 47.4 Å². The Morgan fingerprint density at radius 2 is 2.23 bits per heavy atom. The Kier molecular flexibility index (Phi) is 3.26. The summed E-state index contributed by atoms with van der Waals surface area (Å²) in [5.41, 5.74) is 3.44. The minimum Gasteiger partial charge on any atom is -0.395 e. The third-order valence-corrected chi connectivity index (χ3v) is 2.29. The molecule has 0 bridgehead atoms. The second-order valence-corrected chi connectivity index (χ2v) is 3.16. The largest absolute Gasteiger partial charge is 0.395 e. The molecule has 1 N–H and O–H groups in total. The fourth-order valence-corrected chi connectivity index (χ4v) is 1.42. The maximum atomic E-state index is 9.01. The van der Waals surface area contributed by atoms with Crippen LogP contribution in [-0.4, -0.2) is 11.7 Å². The van der Waals surface area contributed by atoms with Gasteiger partial charge in [0.05, 0.1) is 6.61 Å². The molecule has 0 amide bonds. The summed E-state index contributed by atoms with van der Waals surface area (Å²) in [4.78, 5) is 0. The second-order valence-electron chi connectivity index (χ2n) is 3.16. The van der Waals surface area contributed by atoms with Crippen LogP contribution in [0.5, 0.6) is 0 Å². The molecular formula is C12H15O. The Balaban J connectivity index is 3.15. The molecule has 0 aromatic heterocycles. The molecule has 1 radical (unpaired) electrons. The molecule has 1 rings (SSSR count). The van der Waals surface area contributed by atoms with E-state index in [2.05, 4.69) is 6.58 Å². The van der Waals surface area contributed by atoms with Gasteiger partial charge < -0.3 is 5.11 Å². The highest BCUT2D eigenvalue weighted by atomic mass is 16.3. The molecule has 0 atom stereocenters. The van der Waals surface area contributed by atoms with Gasteiger partial charge in [-0.15, -0.1) is 0 Å². The van der Waals surface area contributed by atoms with Crippen molar-refractivity contribution in [1.82, 2.24) is 0 Å². The van der Waals surface area contributed by atoms with E-state index in [0.717, 1.165) is 17.0 Å². The summed E-state index contributed by atoms with van der Waals surface area (Å²) in [6.45, 7) is 7.85. The highest BCUT2D eigenvalue weighted by Gasteiger charge is 2.08. The van der Waals surface area contributed by atoms with Gasteiger partial charge in [-0.3, -0.25) is 0 Å². The lowest BCUT2D eigenvalue weighted by molar-refractivity contribution is 0.314. The first kappa shape index (κ1) is 10.0. The van der Waals surface area contributed by atoms with Crippen LogP contribution in [0.25, 0.3) is 6.08 Å². The third kappa shape index (κ3) is 1.99. The van der Waals surface area contributed by atoms with Crippen molar-refractivity contribution in [3.63, 3.8) is 0 Å². The number of aliphatic hydroxyl groups is 1. The van der Waals surface area contributed by atoms with Crippen LogP contribution >= 0.6 is 0 Å². The normalized spacial score (nSPS) is 10.5. The number of aliphatic hydroxyl groups excluding tert-OH is 1. The molecule has 0 aliphatic heterocycles. The van der Waals surface area contributed by atoms with Gasteiger partial charge in [-0.05, 0) is 23.6 Å². The van der Waals surface area contributed by atoms with Crippen molar-refractivity contribution in [2.45, 2.75) is 13.8 Å². The maximum absolute atomic E-state index is 9.01. The summed E-state index contributed by atoms with van der Waals surface area (Å²) in [5, 5.41) is 9.01. The highest BCUT2D eigenvalue weighted by Crippen LogP contribution is 2.21. The molecule has 0 spiro atoms. The van der Waals surface area contributed by atoms with Gasteiger partial charge in [0.25, 0.3) is 0 Å². The lowest BCUT2D eigenvalue weighted by Crippen LogP contribution is -2.03. The van der Waals surface area contributed by atoms with Gasteiger partial charge in [-0.25, -0.2) is 0 Å². The van der Waals surface area contributed by atoms with Crippen LogP contribution in [-0.2, 0) is 0 Å². The fourth-order valence-electron chi connectivity index (χ4n) is 1.42. The van der Waals surface area contributed by atoms with Gasteiger partial charge in [0.15, 0.2) is 0 Å². The van der Waals surface area contributed by atoms with Crippen molar-refractivity contribution < 1.29 is 5.11 Å². The maximum Gasteiger partial charge on any atom is 0.0534 e. The minimum absolute atomic E-state index is 0.113. The summed E-state index contributed by atoms with van der Waals surface area (Å²) in [5.74, 6) is 1.00. The van der Waals surface area contributed by atoms with Crippen molar-refractivity contribution in [2.24, 2.45) is 0 Å². The van der Waals surface area contributed by atoms with E-state index in [1.54, 1.807) is 0 Å². The van der Waals surface area contributed by atoms with Gasteiger partial charge in [0.2, 0.25) is 0 Å². The number of hydrogen-bond acceptors (Lipinski definition) is 1. The van der Waals surface area contributed by atoms with Crippen LogP contribution in [0.3, 0.4) is 0 Å². The molecule has 0 saturated carbocycles. The zero-order valence-corrected chi connectivity index (χ0v) is 8.17. The highest BCUT2D eigenvalue weighted by molar-refractivity contribution is 5.56. The quantitative estimate of drug-likeness (QED) is 0.748. The first-order valence-corrected chi connectivity index (χ1v) is 4.36. The first-order chi connectivity index (χ1) is 6.20. The number of rotatable bonds is 3. The Morgan fingerprint density at radius 3 is 2.77 bits per heavy atom. The Bertz CT molecular complexity index is 302. The van der Waals surface area contributed by atoms with Crippen molar-refractivity contribution in [2.75, 3.05) is 6.61 Å². The summed E-state index contributed by atoms with van der Waals surface area (Å²) in [7, 11) is 0. The minimum atomic E-state index is 0.113. The van der Waals surface area contributed by atoms with E-state index < -0.39 is 0 Å². The average Bonchev–Trinajstić information content (AvgIpc) is 2.17. The second kappa shape index (κ2) is 4.24. The molecule has 0 heterocycles. The average molecular weight is 175 g/mol. The standard InChI is InChI=1S/C12H15O/c1-4-11-6-5-7-12(10(11)3)9(2)8-13/h4-7,13H,1,8H2,2-3H3. The molecule has 0 fully saturated rings. The summed E-state index contributed by atoms with van der Waals surface area (Å²) < 4.78 is 0. The third-order valence-electron chi connectivity index (χ3n) is 2.29. The van der Waals surface area contributed by atoms with Crippen LogP contribution in [0, 0.1) is 12.8 Å². The van der Waals surface area contributed by atoms with E-state index in [4.69, 9.17) is 5.11 Å². The van der Waals surface area contributed by atoms with E-state index in [1.807, 2.05) is 38.1 Å². The van der Waals surface area contributed by atoms with Gasteiger partial charge >= 0.3 is 0 Å². The van der Waals surface area contributed by atoms with Gasteiger partial charge in [-0.2, -0.15) is 0 Å². The number of benzene rings is 1. The van der Waals surface area contributed by atoms with E-state index in [-0.39, 0.29) is 6.61 Å². The predicted octanol–water partition coefficient (Wildman–Crippen LogP) is 2.57. The summed E-state index contributed by atoms with van der Waals surface area (Å²) in [6, 6.07) is 6.03. The molecule has 1 aromatic rings. The van der Waals surface area contributed by atoms with E-state index in [1.165, 1.54) is 5.56 Å². The Labute approximate surface area is 79.7 Å². The molecule has 0 unspecified atom stereocenters. The monoisotopic (exact) mass is 175 g/mol. The van der Waals surface area contributed by atoms with Gasteiger partial charge in [0.1, 0.15) is 0 Å². The van der Waals surface area contributed by atoms with E-state index in [9.17, 15) is 0 Å². The molecule has 69 valence electrons. The van der Waals surface area contributed by atoms with Crippen LogP contribution < -0.4 is 0 Å². The smallest absolute Gasteiger partial charge is 0.0534 e. The molecule has 1 heteroatoms. The van der Waals surface area contributed by atoms with Crippen LogP contribution in [0.2, 0.25) is 0 Å². The van der Waals surface area contributed by atoms with Gasteiger partial charge in [-0.1, -0.05) is 37.8 Å². The van der Waals surface area contributed by atoms with Crippen molar-refractivity contribution in [1.29, 1.82) is 0 Å². The molecular weight excluding hydrogens is 160 g/mol. The number of hydrogen-bond donors (Lipinski definition) is 1. The zero-order valence-electron chi connectivity index (χ0n) is 8.17. The van der Waals surface area contributed by atoms with Crippen molar-refractivity contribution in [3.8, 4) is 0 Å². The van der Waals surface area contributed by atoms with E-state index in [0.29, 0.717) is 0 Å². The van der Waals surface area contributed by atoms with E-state index >= 15 is 0 Å². The summed E-state index contributed by atoms with van der Waals surface area (Å²) in [6.07, 6.45) is 1.84. The lowest BCUT2D eigenvalue weighted by atomic mass is 9.94. The fraction of sp³-hybridized carbons (Fsp3) is 0.250. The van der Waals surface area contributed by atoms with Gasteiger partial charge in [0, 0.05) is 5.92 Å². The molecule has 1 aromatic carbocycles. The molecule has 0 saturated heterocycles. The topological polar surface area (TPSA) is 20.2 Å². The first-order valence-electron chi connectivity index (χ1n) is 4.36. The predicted molar refractivity (Wildman–Crippen MR) is 56.4 cm³/mol. The zero-order chi connectivity index (χ0) is 9.84. The lowest BCUT2D eigenvalue weighted by Gasteiger charge is -2.12. The van der Waals surface area contributed by atoms with Crippen LogP contribution in [0.4, 0.5) is 0 Å². The Hall–Kier alpha value is -1.08. The Morgan fingerprint density at radius 1 is 1.54 bits per heavy atom. The van der Waals surface area contributed by atoms with Crippen LogP contribution in [0.15, 0.2) is 24.8 Å². The molecule has 13 heavy (non-hydrogen) atoms. The van der Waals surface area contributed by atoms with Crippen molar-refractivity contribution >= 4 is 6.08 Å². The molecule has 1 nitrogen and oxygen atoms in total. The SMILES string of the molecule is C=Cc1cccc([C](C)CO)c1C. The molecule has 0 aliphatic carbocycles. The van der Waals surface area contributed by atoms with Crippen LogP contribution in [0.1, 0.15) is 23.6 Å². The molecule has 0 aliphatic rings. The summed E-state index contributed by atoms with van der Waals surface area (Å²) >= 11 is 0.